The molecule has 1 aromatic heterocycles. The van der Waals surface area contributed by atoms with Gasteiger partial charge < -0.3 is 10.3 Å². The van der Waals surface area contributed by atoms with Gasteiger partial charge in [0.2, 0.25) is 0 Å². The summed E-state index contributed by atoms with van der Waals surface area (Å²) >= 11 is 0. The third-order valence-electron chi connectivity index (χ3n) is 2.73. The maximum Gasteiger partial charge on any atom is 0.344 e. The van der Waals surface area contributed by atoms with E-state index < -0.39 is 0 Å². The Morgan fingerprint density at radius 3 is 2.30 bits per heavy atom. The summed E-state index contributed by atoms with van der Waals surface area (Å²) in [6, 6.07) is 0. The summed E-state index contributed by atoms with van der Waals surface area (Å²) in [5.74, 6) is 0.904. The Bertz CT molecular complexity index is 547. The highest BCUT2D eigenvalue weighted by Gasteiger charge is 2.03. The van der Waals surface area contributed by atoms with Gasteiger partial charge in [-0.1, -0.05) is 34.3 Å². The van der Waals surface area contributed by atoms with Crippen molar-refractivity contribution in [1.29, 1.82) is 0 Å². The van der Waals surface area contributed by atoms with Crippen molar-refractivity contribution in [3.05, 3.63) is 52.6 Å². The van der Waals surface area contributed by atoms with Crippen molar-refractivity contribution in [2.45, 2.75) is 33.6 Å². The van der Waals surface area contributed by atoms with Gasteiger partial charge in [-0.25, -0.2) is 9.78 Å². The minimum absolute atomic E-state index is 0.288. The first-order valence-corrected chi connectivity index (χ1v) is 6.64. The third-order valence-corrected chi connectivity index (χ3v) is 2.73. The van der Waals surface area contributed by atoms with Gasteiger partial charge >= 0.3 is 5.69 Å². The zero-order valence-corrected chi connectivity index (χ0v) is 12.5. The second-order valence-electron chi connectivity index (χ2n) is 5.16. The van der Waals surface area contributed by atoms with Crippen LogP contribution in [0.5, 0.6) is 0 Å². The number of allylic oxidation sites excluding steroid dienone is 2. The van der Waals surface area contributed by atoms with Gasteiger partial charge in [0.05, 0.1) is 11.9 Å². The van der Waals surface area contributed by atoms with Crippen LogP contribution in [-0.4, -0.2) is 16.2 Å². The Kier molecular flexibility index (Phi) is 5.90. The molecule has 0 aromatic carbocycles. The molecule has 108 valence electrons. The number of H-pyrrole nitrogens is 1. The Morgan fingerprint density at radius 1 is 1.20 bits per heavy atom. The fourth-order valence-corrected chi connectivity index (χ4v) is 1.38. The fraction of sp³-hybridized carbons (Fsp3) is 0.400. The molecule has 2 N–H and O–H groups in total. The molecule has 0 spiro atoms. The average Bonchev–Trinajstić information content (AvgIpc) is 2.40. The summed E-state index contributed by atoms with van der Waals surface area (Å²) in [6.45, 7) is 12.0. The molecule has 1 aliphatic rings. The molecule has 0 saturated heterocycles. The van der Waals surface area contributed by atoms with Crippen LogP contribution in [0.1, 0.15) is 39.2 Å². The molecule has 0 aliphatic carbocycles. The van der Waals surface area contributed by atoms with Crippen molar-refractivity contribution >= 4 is 6.21 Å². The summed E-state index contributed by atoms with van der Waals surface area (Å²) in [4.78, 5) is 20.8. The smallest absolute Gasteiger partial charge is 0.344 e. The van der Waals surface area contributed by atoms with Crippen LogP contribution in [0.4, 0.5) is 0 Å². The molecule has 1 aromatic rings. The average molecular weight is 274 g/mol. The molecule has 0 atom stereocenters. The van der Waals surface area contributed by atoms with Crippen molar-refractivity contribution < 1.29 is 0 Å². The van der Waals surface area contributed by atoms with Gasteiger partial charge in [0.1, 0.15) is 0 Å². The number of aromatic amines is 1. The molecule has 0 fully saturated rings. The van der Waals surface area contributed by atoms with Crippen molar-refractivity contribution in [3.63, 3.8) is 0 Å². The molecular weight excluding hydrogens is 252 g/mol. The van der Waals surface area contributed by atoms with E-state index in [9.17, 15) is 4.79 Å². The number of aliphatic imine (C=N–C) groups is 1. The van der Waals surface area contributed by atoms with Gasteiger partial charge in [-0.2, -0.15) is 0 Å². The van der Waals surface area contributed by atoms with E-state index in [1.165, 1.54) is 0 Å². The summed E-state index contributed by atoms with van der Waals surface area (Å²) in [5, 5.41) is 3.01. The second kappa shape index (κ2) is 7.43. The van der Waals surface area contributed by atoms with Crippen LogP contribution in [0.2, 0.25) is 0 Å². The van der Waals surface area contributed by atoms with E-state index >= 15 is 0 Å². The van der Waals surface area contributed by atoms with Crippen LogP contribution in [0.3, 0.4) is 0 Å². The van der Waals surface area contributed by atoms with Crippen LogP contribution in [-0.2, 0) is 0 Å². The van der Waals surface area contributed by atoms with E-state index in [0.717, 1.165) is 17.0 Å². The predicted molar refractivity (Wildman–Crippen MR) is 82.6 cm³/mol. The fourth-order valence-electron chi connectivity index (χ4n) is 1.38. The lowest BCUT2D eigenvalue weighted by atomic mass is 10.1. The number of nitrogens with zero attached hydrogens (tertiary/aromatic N) is 2. The van der Waals surface area contributed by atoms with E-state index in [4.69, 9.17) is 0 Å². The molecule has 20 heavy (non-hydrogen) atoms. The zero-order valence-electron chi connectivity index (χ0n) is 12.5. The van der Waals surface area contributed by atoms with Gasteiger partial charge in [-0.05, 0) is 17.4 Å². The van der Waals surface area contributed by atoms with Crippen LogP contribution in [0.15, 0.2) is 46.4 Å². The standard InChI is InChI=1S/C8H12N2.C7H10N2O/c1-6(2)8-5-9-7(3)4-10-8;1-5(2)6-3-8-7(10)9-4-6/h4-6,9H,3H2,1-2H3;3-5H,1-2H3,(H,8,9,10). The Morgan fingerprint density at radius 2 is 1.90 bits per heavy atom. The third kappa shape index (κ3) is 5.22. The minimum Gasteiger partial charge on any atom is -0.359 e. The highest BCUT2D eigenvalue weighted by Crippen LogP contribution is 2.11. The van der Waals surface area contributed by atoms with Gasteiger partial charge in [-0.15, -0.1) is 0 Å². The Balaban J connectivity index is 0.000000200. The molecule has 0 unspecified atom stereocenters. The van der Waals surface area contributed by atoms with E-state index in [-0.39, 0.29) is 5.69 Å². The van der Waals surface area contributed by atoms with E-state index in [1.54, 1.807) is 18.6 Å². The molecule has 5 heteroatoms. The van der Waals surface area contributed by atoms with Crippen LogP contribution < -0.4 is 11.0 Å². The van der Waals surface area contributed by atoms with Gasteiger partial charge in [-0.3, -0.25) is 4.99 Å². The molecule has 0 amide bonds. The van der Waals surface area contributed by atoms with Crippen LogP contribution >= 0.6 is 0 Å². The quantitative estimate of drug-likeness (QED) is 0.870. The number of aromatic nitrogens is 2. The van der Waals surface area contributed by atoms with E-state index in [2.05, 4.69) is 54.6 Å². The topological polar surface area (TPSA) is 70.1 Å². The molecule has 0 radical (unpaired) electrons. The lowest BCUT2D eigenvalue weighted by Crippen LogP contribution is -2.12. The first kappa shape index (κ1) is 15.9. The number of rotatable bonds is 2. The maximum atomic E-state index is 10.5. The van der Waals surface area contributed by atoms with Gasteiger partial charge in [0.25, 0.3) is 0 Å². The molecule has 0 bridgehead atoms. The molecule has 1 aliphatic heterocycles. The largest absolute Gasteiger partial charge is 0.359 e. The predicted octanol–water partition coefficient (Wildman–Crippen LogP) is 2.56. The molecule has 2 heterocycles. The van der Waals surface area contributed by atoms with Crippen LogP contribution in [0, 0.1) is 5.92 Å². The summed E-state index contributed by atoms with van der Waals surface area (Å²) in [6.07, 6.45) is 6.94. The first-order valence-electron chi connectivity index (χ1n) is 6.64. The minimum atomic E-state index is -0.288. The highest BCUT2D eigenvalue weighted by molar-refractivity contribution is 5.79. The van der Waals surface area contributed by atoms with E-state index in [0.29, 0.717) is 11.8 Å². The monoisotopic (exact) mass is 274 g/mol. The van der Waals surface area contributed by atoms with Crippen molar-refractivity contribution in [2.75, 3.05) is 0 Å². The number of nitrogens with one attached hydrogen (secondary N) is 2. The van der Waals surface area contributed by atoms with Gasteiger partial charge in [0, 0.05) is 24.3 Å². The summed E-state index contributed by atoms with van der Waals surface area (Å²) in [7, 11) is 0. The normalized spacial score (nSPS) is 13.7. The summed E-state index contributed by atoms with van der Waals surface area (Å²) in [5.41, 5.74) is 2.70. The SMILES string of the molecule is C=C1C=NC(C(C)C)=CN1.CC(C)c1cnc(=O)[nH]c1. The molecule has 5 nitrogen and oxygen atoms in total. The zero-order chi connectivity index (χ0) is 15.1. The summed E-state index contributed by atoms with van der Waals surface area (Å²) < 4.78 is 0. The lowest BCUT2D eigenvalue weighted by molar-refractivity contribution is 0.744. The Hall–Kier alpha value is -2.17. The second-order valence-corrected chi connectivity index (χ2v) is 5.16. The van der Waals surface area contributed by atoms with Crippen molar-refractivity contribution in [3.8, 4) is 0 Å². The number of hydrogen-bond donors (Lipinski definition) is 2. The maximum absolute atomic E-state index is 10.5. The molecule has 0 saturated carbocycles. The van der Waals surface area contributed by atoms with Crippen molar-refractivity contribution in [2.24, 2.45) is 10.9 Å². The Labute approximate surface area is 119 Å². The van der Waals surface area contributed by atoms with Crippen LogP contribution in [0.25, 0.3) is 0 Å². The molecule has 2 rings (SSSR count). The molecular formula is C15H22N4O. The van der Waals surface area contributed by atoms with Gasteiger partial charge in [0.15, 0.2) is 0 Å². The van der Waals surface area contributed by atoms with Crippen molar-refractivity contribution in [1.82, 2.24) is 15.3 Å². The number of hydrogen-bond acceptors (Lipinski definition) is 4. The van der Waals surface area contributed by atoms with E-state index in [1.807, 2.05) is 6.20 Å². The highest BCUT2D eigenvalue weighted by atomic mass is 16.1. The lowest BCUT2D eigenvalue weighted by Gasteiger charge is -2.11. The first-order chi connectivity index (χ1) is 9.40.